The molecule has 252 valence electrons. The Morgan fingerprint density at radius 1 is 0.849 bits per heavy atom. The number of aromatic nitrogens is 2. The summed E-state index contributed by atoms with van der Waals surface area (Å²) in [6.45, 7) is 4.95. The smallest absolute Gasteiger partial charge is 0.0994 e. The van der Waals surface area contributed by atoms with Crippen LogP contribution in [0.5, 0.6) is 0 Å². The Hall–Kier alpha value is -7.05. The lowest BCUT2D eigenvalue weighted by Gasteiger charge is -2.24. The molecule has 0 spiro atoms. The van der Waals surface area contributed by atoms with Crippen molar-refractivity contribution < 1.29 is 0 Å². The van der Waals surface area contributed by atoms with Crippen LogP contribution in [0.1, 0.15) is 65.6 Å². The Kier molecular flexibility index (Phi) is 8.49. The summed E-state index contributed by atoms with van der Waals surface area (Å²) in [5, 5.41) is 33.0. The molecule has 2 heterocycles. The maximum absolute atomic E-state index is 10.2. The van der Waals surface area contributed by atoms with E-state index in [2.05, 4.69) is 114 Å². The van der Waals surface area contributed by atoms with Gasteiger partial charge in [-0.05, 0) is 90.2 Å². The number of benzene rings is 4. The summed E-state index contributed by atoms with van der Waals surface area (Å²) < 4.78 is 4.59. The van der Waals surface area contributed by atoms with Crippen LogP contribution in [0, 0.1) is 52.3 Å². The lowest BCUT2D eigenvalue weighted by molar-refractivity contribution is 0.594. The van der Waals surface area contributed by atoms with Gasteiger partial charge in [-0.15, -0.1) is 6.42 Å². The summed E-state index contributed by atoms with van der Waals surface area (Å²) >= 11 is 0. The fraction of sp³-hybridized carbons (Fsp3) is 0.146. The maximum atomic E-state index is 10.2. The highest BCUT2D eigenvalue weighted by atomic mass is 15.0. The summed E-state index contributed by atoms with van der Waals surface area (Å²) in [5.74, 6) is 2.63. The summed E-state index contributed by atoms with van der Waals surface area (Å²) in [6, 6.07) is 35.8. The molecule has 0 fully saturated rings. The molecule has 3 unspecified atom stereocenters. The molecule has 2 aliphatic carbocycles. The molecule has 6 aromatic rings. The number of allylic oxidation sites excluding steroid dienone is 9. The highest BCUT2D eigenvalue weighted by Gasteiger charge is 2.29. The molecule has 5 heteroatoms. The van der Waals surface area contributed by atoms with Gasteiger partial charge < -0.3 is 9.13 Å². The molecule has 53 heavy (non-hydrogen) atoms. The minimum atomic E-state index is -0.158. The van der Waals surface area contributed by atoms with Gasteiger partial charge in [-0.3, -0.25) is 0 Å². The van der Waals surface area contributed by atoms with E-state index in [1.165, 1.54) is 27.7 Å². The third-order valence-corrected chi connectivity index (χ3v) is 10.9. The van der Waals surface area contributed by atoms with Gasteiger partial charge in [-0.1, -0.05) is 85.7 Å². The minimum absolute atomic E-state index is 0.0311. The Labute approximate surface area is 309 Å². The molecule has 0 aliphatic heterocycles. The Balaban J connectivity index is 1.17. The van der Waals surface area contributed by atoms with Crippen molar-refractivity contribution in [1.29, 1.82) is 15.8 Å². The van der Waals surface area contributed by atoms with E-state index < -0.39 is 0 Å². The molecular weight excluding hydrogens is 647 g/mol. The van der Waals surface area contributed by atoms with Gasteiger partial charge in [-0.25, -0.2) is 0 Å². The Morgan fingerprint density at radius 2 is 1.62 bits per heavy atom. The van der Waals surface area contributed by atoms with Crippen molar-refractivity contribution in [2.75, 3.05) is 0 Å². The lowest BCUT2D eigenvalue weighted by atomic mass is 9.84. The van der Waals surface area contributed by atoms with E-state index >= 15 is 0 Å². The van der Waals surface area contributed by atoms with Crippen molar-refractivity contribution in [1.82, 2.24) is 9.13 Å². The molecule has 5 nitrogen and oxygen atoms in total. The number of hydrogen-bond donors (Lipinski definition) is 0. The van der Waals surface area contributed by atoms with Crippen LogP contribution < -0.4 is 0 Å². The molecular formula is C48H35N5. The molecule has 0 amide bonds. The van der Waals surface area contributed by atoms with E-state index in [1.807, 2.05) is 54.6 Å². The van der Waals surface area contributed by atoms with Gasteiger partial charge in [0.15, 0.2) is 0 Å². The first-order chi connectivity index (χ1) is 25.9. The van der Waals surface area contributed by atoms with Gasteiger partial charge in [0, 0.05) is 51.3 Å². The van der Waals surface area contributed by atoms with Crippen LogP contribution in [0.2, 0.25) is 0 Å². The summed E-state index contributed by atoms with van der Waals surface area (Å²) in [5.41, 5.74) is 12.0. The fourth-order valence-electron chi connectivity index (χ4n) is 8.22. The van der Waals surface area contributed by atoms with E-state index in [0.29, 0.717) is 17.7 Å². The van der Waals surface area contributed by atoms with Crippen LogP contribution >= 0.6 is 0 Å². The van der Waals surface area contributed by atoms with Crippen molar-refractivity contribution in [2.45, 2.75) is 38.6 Å². The second kappa shape index (κ2) is 13.6. The van der Waals surface area contributed by atoms with Crippen molar-refractivity contribution in [3.63, 3.8) is 0 Å². The number of fused-ring (bicyclic) bond motifs is 6. The molecule has 2 aliphatic rings. The van der Waals surface area contributed by atoms with Crippen LogP contribution in [0.15, 0.2) is 127 Å². The minimum Gasteiger partial charge on any atom is -0.339 e. The number of hydrogen-bond acceptors (Lipinski definition) is 3. The summed E-state index contributed by atoms with van der Waals surface area (Å²) in [4.78, 5) is 0. The quantitative estimate of drug-likeness (QED) is 0.130. The zero-order valence-electron chi connectivity index (χ0n) is 29.6. The van der Waals surface area contributed by atoms with E-state index in [9.17, 15) is 15.8 Å². The van der Waals surface area contributed by atoms with Gasteiger partial charge >= 0.3 is 0 Å². The predicted octanol–water partition coefficient (Wildman–Crippen LogP) is 11.0. The van der Waals surface area contributed by atoms with E-state index in [4.69, 9.17) is 6.42 Å². The molecule has 0 saturated heterocycles. The van der Waals surface area contributed by atoms with Crippen LogP contribution in [0.3, 0.4) is 0 Å². The predicted molar refractivity (Wildman–Crippen MR) is 215 cm³/mol. The molecule has 0 radical (unpaired) electrons. The third kappa shape index (κ3) is 5.58. The van der Waals surface area contributed by atoms with Crippen LogP contribution in [-0.4, -0.2) is 9.13 Å². The van der Waals surface area contributed by atoms with Gasteiger partial charge in [0.2, 0.25) is 0 Å². The maximum Gasteiger partial charge on any atom is 0.0994 e. The third-order valence-electron chi connectivity index (χ3n) is 10.9. The molecule has 0 N–H and O–H groups in total. The SMILES string of the molecule is C#C/C=C\C(=C(/C)c1ccc(C#N)c(C2C=CC(Cn3c4c(c5ccccc53)C=CC(C#N)C4C)=CC2)c1)n1c2ccccc2c2cc(C#N)ccc21. The summed E-state index contributed by atoms with van der Waals surface area (Å²) in [6.07, 6.45) is 21.1. The highest BCUT2D eigenvalue weighted by Crippen LogP contribution is 2.41. The van der Waals surface area contributed by atoms with Crippen molar-refractivity contribution in [2.24, 2.45) is 5.92 Å². The molecule has 2 aromatic heterocycles. The average molecular weight is 682 g/mol. The monoisotopic (exact) mass is 681 g/mol. The average Bonchev–Trinajstić information content (AvgIpc) is 3.70. The fourth-order valence-corrected chi connectivity index (χ4v) is 8.22. The highest BCUT2D eigenvalue weighted by molar-refractivity contribution is 6.12. The first-order valence-electron chi connectivity index (χ1n) is 17.8. The molecule has 4 aromatic carbocycles. The zero-order valence-corrected chi connectivity index (χ0v) is 29.6. The van der Waals surface area contributed by atoms with E-state index in [1.54, 1.807) is 6.08 Å². The Bertz CT molecular complexity index is 2820. The topological polar surface area (TPSA) is 81.2 Å². The van der Waals surface area contributed by atoms with Crippen LogP contribution in [-0.2, 0) is 6.54 Å². The number of para-hydroxylation sites is 2. The zero-order chi connectivity index (χ0) is 36.6. The van der Waals surface area contributed by atoms with Crippen molar-refractivity contribution in [3.05, 3.63) is 160 Å². The number of terminal acetylenes is 1. The van der Waals surface area contributed by atoms with Crippen LogP contribution in [0.4, 0.5) is 0 Å². The molecule has 3 atom stereocenters. The molecule has 0 bridgehead atoms. The largest absolute Gasteiger partial charge is 0.339 e. The van der Waals surface area contributed by atoms with Gasteiger partial charge in [-0.2, -0.15) is 15.8 Å². The number of nitrogens with zero attached hydrogens (tertiary/aromatic N) is 5. The molecule has 0 saturated carbocycles. The normalized spacial score (nSPS) is 18.3. The first kappa shape index (κ1) is 33.1. The second-order valence-electron chi connectivity index (χ2n) is 13.8. The van der Waals surface area contributed by atoms with Gasteiger partial charge in [0.1, 0.15) is 0 Å². The van der Waals surface area contributed by atoms with Gasteiger partial charge in [0.25, 0.3) is 0 Å². The number of rotatable bonds is 6. The van der Waals surface area contributed by atoms with Gasteiger partial charge in [0.05, 0.1) is 52.0 Å². The second-order valence-corrected chi connectivity index (χ2v) is 13.8. The van der Waals surface area contributed by atoms with E-state index in [0.717, 1.165) is 50.6 Å². The van der Waals surface area contributed by atoms with Crippen molar-refractivity contribution >= 4 is 50.1 Å². The molecule has 8 rings (SSSR count). The van der Waals surface area contributed by atoms with Crippen molar-refractivity contribution in [3.8, 4) is 30.6 Å². The summed E-state index contributed by atoms with van der Waals surface area (Å²) in [7, 11) is 0. The van der Waals surface area contributed by atoms with E-state index in [-0.39, 0.29) is 17.8 Å². The lowest BCUT2D eigenvalue weighted by Crippen LogP contribution is -2.16. The standard InChI is InChI=1S/C48H35N5/c1-4-5-12-44(53-46-14-9-7-11-40(46)43-25-34(27-49)17-24-47(43)53)31(2)36-20-21-38(29-51)42(26-36)35-18-15-33(16-19-35)30-52-45-13-8-6-10-39(45)41-23-22-37(28-50)32(3)48(41)52/h1,5-18,20-26,32,35,37H,19,30H2,2-3H3/b12-5-,44-31-. The first-order valence-corrected chi connectivity index (χ1v) is 17.8. The van der Waals surface area contributed by atoms with Crippen LogP contribution in [0.25, 0.3) is 50.1 Å². The Morgan fingerprint density at radius 3 is 2.36 bits per heavy atom. The number of nitriles is 3.